The van der Waals surface area contributed by atoms with Gasteiger partial charge in [0, 0.05) is 17.8 Å². The molecular weight excluding hydrogens is 433 g/mol. The van der Waals surface area contributed by atoms with Crippen molar-refractivity contribution in [2.45, 2.75) is 26.9 Å². The van der Waals surface area contributed by atoms with Crippen molar-refractivity contribution in [3.8, 4) is 0 Å². The van der Waals surface area contributed by atoms with Crippen LogP contribution >= 0.6 is 34.5 Å². The molecule has 0 saturated heterocycles. The van der Waals surface area contributed by atoms with E-state index in [9.17, 15) is 9.59 Å². The number of carbonyl (C=O) groups excluding carboxylic acids is 2. The molecule has 2 aromatic heterocycles. The van der Waals surface area contributed by atoms with Crippen LogP contribution in [0.3, 0.4) is 0 Å². The van der Waals surface area contributed by atoms with Crippen LogP contribution in [-0.2, 0) is 22.6 Å². The van der Waals surface area contributed by atoms with E-state index in [0.717, 1.165) is 33.9 Å². The number of hydrogen-bond acceptors (Lipinski definition) is 5. The molecule has 1 N–H and O–H groups in total. The number of nitrogens with one attached hydrogen (secondary N) is 1. The Morgan fingerprint density at radius 2 is 1.93 bits per heavy atom. The van der Waals surface area contributed by atoms with Gasteiger partial charge < -0.3 is 10.1 Å². The van der Waals surface area contributed by atoms with Gasteiger partial charge in [-0.3, -0.25) is 9.48 Å². The molecule has 0 aliphatic rings. The average molecular weight is 452 g/mol. The molecule has 0 aliphatic carbocycles. The maximum Gasteiger partial charge on any atom is 0.341 e. The second-order valence-corrected chi connectivity index (χ2v) is 8.67. The number of esters is 1. The van der Waals surface area contributed by atoms with Gasteiger partial charge in [0.2, 0.25) is 0 Å². The Morgan fingerprint density at radius 1 is 1.21 bits per heavy atom. The van der Waals surface area contributed by atoms with Gasteiger partial charge >= 0.3 is 5.97 Å². The van der Waals surface area contributed by atoms with E-state index in [1.807, 2.05) is 48.9 Å². The molecule has 0 spiro atoms. The molecule has 0 bridgehead atoms. The van der Waals surface area contributed by atoms with Crippen LogP contribution in [0.4, 0.5) is 0 Å². The SMILES string of the molecule is Cc1nn(Cc2ccccc2)c(C)c1CNC(=O)COC(=O)c1cc(Cl)sc1Cl. The van der Waals surface area contributed by atoms with Crippen molar-refractivity contribution in [3.05, 3.63) is 73.1 Å². The fourth-order valence-electron chi connectivity index (χ4n) is 2.83. The summed E-state index contributed by atoms with van der Waals surface area (Å²) in [7, 11) is 0. The molecular formula is C20H19Cl2N3O3S. The minimum atomic E-state index is -0.684. The van der Waals surface area contributed by atoms with Crippen molar-refractivity contribution < 1.29 is 14.3 Å². The molecule has 0 fully saturated rings. The molecule has 6 nitrogen and oxygen atoms in total. The topological polar surface area (TPSA) is 73.2 Å². The Hall–Kier alpha value is -2.35. The zero-order chi connectivity index (χ0) is 21.0. The van der Waals surface area contributed by atoms with Crippen LogP contribution in [0.1, 0.15) is 32.9 Å². The maximum atomic E-state index is 12.1. The first-order valence-electron chi connectivity index (χ1n) is 8.80. The van der Waals surface area contributed by atoms with Crippen molar-refractivity contribution in [1.82, 2.24) is 15.1 Å². The van der Waals surface area contributed by atoms with Gasteiger partial charge in [-0.05, 0) is 25.5 Å². The van der Waals surface area contributed by atoms with E-state index in [1.54, 1.807) is 0 Å². The van der Waals surface area contributed by atoms with Crippen LogP contribution < -0.4 is 5.32 Å². The second-order valence-electron chi connectivity index (χ2n) is 6.38. The molecule has 152 valence electrons. The average Bonchev–Trinajstić information content (AvgIpc) is 3.17. The van der Waals surface area contributed by atoms with Gasteiger partial charge in [-0.25, -0.2) is 4.79 Å². The summed E-state index contributed by atoms with van der Waals surface area (Å²) in [6.07, 6.45) is 0. The number of nitrogens with zero attached hydrogens (tertiary/aromatic N) is 2. The summed E-state index contributed by atoms with van der Waals surface area (Å²) in [5, 5.41) is 7.32. The highest BCUT2D eigenvalue weighted by atomic mass is 35.5. The predicted molar refractivity (Wildman–Crippen MR) is 114 cm³/mol. The van der Waals surface area contributed by atoms with Gasteiger partial charge in [0.15, 0.2) is 6.61 Å². The molecule has 0 unspecified atom stereocenters. The van der Waals surface area contributed by atoms with E-state index in [2.05, 4.69) is 10.4 Å². The Bertz CT molecular complexity index is 1030. The van der Waals surface area contributed by atoms with Gasteiger partial charge in [0.1, 0.15) is 4.34 Å². The van der Waals surface area contributed by atoms with E-state index >= 15 is 0 Å². The number of rotatable bonds is 7. The molecule has 0 radical (unpaired) electrons. The van der Waals surface area contributed by atoms with E-state index < -0.39 is 18.5 Å². The number of halogens is 2. The van der Waals surface area contributed by atoms with Crippen LogP contribution in [0.25, 0.3) is 0 Å². The Balaban J connectivity index is 1.55. The first-order valence-corrected chi connectivity index (χ1v) is 10.4. The third-order valence-electron chi connectivity index (χ3n) is 4.38. The molecule has 9 heteroatoms. The molecule has 29 heavy (non-hydrogen) atoms. The van der Waals surface area contributed by atoms with Crippen molar-refractivity contribution in [3.63, 3.8) is 0 Å². The summed E-state index contributed by atoms with van der Waals surface area (Å²) >= 11 is 12.8. The first-order chi connectivity index (χ1) is 13.8. The van der Waals surface area contributed by atoms with Crippen molar-refractivity contribution in [2.24, 2.45) is 0 Å². The second kappa shape index (κ2) is 9.43. The van der Waals surface area contributed by atoms with Gasteiger partial charge in [-0.1, -0.05) is 53.5 Å². The van der Waals surface area contributed by atoms with E-state index in [1.165, 1.54) is 6.07 Å². The number of aromatic nitrogens is 2. The standard InChI is InChI=1S/C20H19Cl2N3O3S/c1-12-16(13(2)25(24-12)10-14-6-4-3-5-7-14)9-23-18(26)11-28-20(27)15-8-17(21)29-19(15)22/h3-8H,9-11H2,1-2H3,(H,23,26). The summed E-state index contributed by atoms with van der Waals surface area (Å²) in [4.78, 5) is 24.1. The van der Waals surface area contributed by atoms with Gasteiger partial charge in [0.05, 0.1) is 22.1 Å². The third kappa shape index (κ3) is 5.38. The summed E-state index contributed by atoms with van der Waals surface area (Å²) < 4.78 is 7.53. The zero-order valence-corrected chi connectivity index (χ0v) is 18.2. The lowest BCUT2D eigenvalue weighted by atomic mass is 10.2. The van der Waals surface area contributed by atoms with Gasteiger partial charge in [-0.2, -0.15) is 5.10 Å². The summed E-state index contributed by atoms with van der Waals surface area (Å²) in [5.74, 6) is -1.10. The molecule has 0 aliphatic heterocycles. The summed E-state index contributed by atoms with van der Waals surface area (Å²) in [5.41, 5.74) is 4.06. The Morgan fingerprint density at radius 3 is 2.59 bits per heavy atom. The highest BCUT2D eigenvalue weighted by Gasteiger charge is 2.18. The maximum absolute atomic E-state index is 12.1. The lowest BCUT2D eigenvalue weighted by molar-refractivity contribution is -0.124. The van der Waals surface area contributed by atoms with Crippen molar-refractivity contribution in [1.29, 1.82) is 0 Å². The van der Waals surface area contributed by atoms with Crippen molar-refractivity contribution in [2.75, 3.05) is 6.61 Å². The lowest BCUT2D eigenvalue weighted by Gasteiger charge is -2.08. The largest absolute Gasteiger partial charge is 0.452 e. The predicted octanol–water partition coefficient (Wildman–Crippen LogP) is 4.39. The number of aryl methyl sites for hydroxylation is 1. The lowest BCUT2D eigenvalue weighted by Crippen LogP contribution is -2.28. The monoisotopic (exact) mass is 451 g/mol. The first kappa shape index (κ1) is 21.4. The molecule has 2 heterocycles. The molecule has 3 aromatic rings. The smallest absolute Gasteiger partial charge is 0.341 e. The van der Waals surface area contributed by atoms with E-state index in [-0.39, 0.29) is 9.90 Å². The number of ether oxygens (including phenoxy) is 1. The highest BCUT2D eigenvalue weighted by molar-refractivity contribution is 7.20. The third-order valence-corrected chi connectivity index (χ3v) is 5.87. The van der Waals surface area contributed by atoms with E-state index in [4.69, 9.17) is 27.9 Å². The van der Waals surface area contributed by atoms with E-state index in [0.29, 0.717) is 17.4 Å². The van der Waals surface area contributed by atoms with Gasteiger partial charge in [0.25, 0.3) is 5.91 Å². The molecule has 0 saturated carbocycles. The van der Waals surface area contributed by atoms with Crippen molar-refractivity contribution >= 4 is 46.4 Å². The van der Waals surface area contributed by atoms with Crippen LogP contribution in [0.15, 0.2) is 36.4 Å². The highest BCUT2D eigenvalue weighted by Crippen LogP contribution is 2.31. The molecule has 0 atom stereocenters. The minimum Gasteiger partial charge on any atom is -0.452 e. The van der Waals surface area contributed by atoms with Crippen LogP contribution in [0.5, 0.6) is 0 Å². The number of hydrogen-bond donors (Lipinski definition) is 1. The number of benzene rings is 1. The Labute approximate surface area is 182 Å². The number of amides is 1. The Kier molecular flexibility index (Phi) is 6.95. The quantitative estimate of drug-likeness (QED) is 0.540. The van der Waals surface area contributed by atoms with Gasteiger partial charge in [-0.15, -0.1) is 11.3 Å². The minimum absolute atomic E-state index is 0.156. The fourth-order valence-corrected chi connectivity index (χ4v) is 4.27. The normalized spacial score (nSPS) is 10.8. The van der Waals surface area contributed by atoms with Crippen LogP contribution in [-0.4, -0.2) is 28.3 Å². The van der Waals surface area contributed by atoms with Crippen LogP contribution in [0.2, 0.25) is 8.67 Å². The number of carbonyl (C=O) groups is 2. The molecule has 3 rings (SSSR count). The fraction of sp³-hybridized carbons (Fsp3) is 0.250. The summed E-state index contributed by atoms with van der Waals surface area (Å²) in [6.45, 7) is 4.42. The zero-order valence-electron chi connectivity index (χ0n) is 15.9. The van der Waals surface area contributed by atoms with Crippen LogP contribution in [0, 0.1) is 13.8 Å². The molecule has 1 amide bonds. The molecule has 1 aromatic carbocycles. The summed E-state index contributed by atoms with van der Waals surface area (Å²) in [6, 6.07) is 11.4. The number of thiophene rings is 1.